The number of hydrogen-bond donors (Lipinski definition) is 0. The van der Waals surface area contributed by atoms with Crippen LogP contribution >= 0.6 is 0 Å². The van der Waals surface area contributed by atoms with Crippen LogP contribution in [-0.4, -0.2) is 6.61 Å². The predicted molar refractivity (Wildman–Crippen MR) is 93.9 cm³/mol. The van der Waals surface area contributed by atoms with Crippen LogP contribution in [0.2, 0.25) is 0 Å². The van der Waals surface area contributed by atoms with Crippen LogP contribution in [0.25, 0.3) is 0 Å². The molecule has 0 saturated heterocycles. The molecule has 0 amide bonds. The lowest BCUT2D eigenvalue weighted by Gasteiger charge is -2.19. The van der Waals surface area contributed by atoms with Crippen molar-refractivity contribution in [3.05, 3.63) is 41.5 Å². The van der Waals surface area contributed by atoms with Gasteiger partial charge in [-0.1, -0.05) is 50.2 Å². The minimum atomic E-state index is -0.959. The van der Waals surface area contributed by atoms with Crippen molar-refractivity contribution >= 4 is 0 Å². The minimum Gasteiger partial charge on any atom is -0.491 e. The first kappa shape index (κ1) is 18.5. The maximum atomic E-state index is 14.0. The Labute approximate surface area is 144 Å². The Balaban J connectivity index is 1.98. The molecule has 1 nitrogen and oxygen atoms in total. The number of hydrogen-bond acceptors (Lipinski definition) is 1. The molecule has 0 radical (unpaired) electrons. The maximum Gasteiger partial charge on any atom is 0.201 e. The zero-order valence-corrected chi connectivity index (χ0v) is 14.6. The number of benzene rings is 1. The van der Waals surface area contributed by atoms with Crippen molar-refractivity contribution in [2.75, 3.05) is 6.61 Å². The van der Waals surface area contributed by atoms with E-state index in [0.717, 1.165) is 12.8 Å². The van der Waals surface area contributed by atoms with Gasteiger partial charge in [-0.3, -0.25) is 0 Å². The lowest BCUT2D eigenvalue weighted by molar-refractivity contribution is 0.314. The molecule has 2 unspecified atom stereocenters. The summed E-state index contributed by atoms with van der Waals surface area (Å²) < 4.78 is 32.9. The highest BCUT2D eigenvalue weighted by molar-refractivity contribution is 5.41. The highest BCUT2D eigenvalue weighted by atomic mass is 19.2. The van der Waals surface area contributed by atoms with Gasteiger partial charge in [-0.15, -0.1) is 0 Å². The number of allylic oxidation sites excluding steroid dienone is 2. The summed E-state index contributed by atoms with van der Waals surface area (Å²) in [6, 6.07) is 2.92. The number of ether oxygens (including phenoxy) is 1. The van der Waals surface area contributed by atoms with Gasteiger partial charge in [0.1, 0.15) is 0 Å². The Morgan fingerprint density at radius 3 is 2.58 bits per heavy atom. The van der Waals surface area contributed by atoms with Gasteiger partial charge in [0, 0.05) is 5.92 Å². The molecule has 2 atom stereocenters. The van der Waals surface area contributed by atoms with Gasteiger partial charge >= 0.3 is 0 Å². The monoisotopic (exact) mass is 332 g/mol. The van der Waals surface area contributed by atoms with Crippen LogP contribution in [0.4, 0.5) is 8.78 Å². The highest BCUT2D eigenvalue weighted by Gasteiger charge is 2.15. The third kappa shape index (κ3) is 5.09. The zero-order chi connectivity index (χ0) is 17.4. The second-order valence-electron chi connectivity index (χ2n) is 6.27. The lowest BCUT2D eigenvalue weighted by atomic mass is 9.86. The Morgan fingerprint density at radius 2 is 1.92 bits per heavy atom. The highest BCUT2D eigenvalue weighted by Crippen LogP contribution is 2.26. The van der Waals surface area contributed by atoms with E-state index in [9.17, 15) is 8.78 Å². The second kappa shape index (κ2) is 9.47. The van der Waals surface area contributed by atoms with Gasteiger partial charge in [-0.2, -0.15) is 4.39 Å². The standard InChI is InChI=1S/C21H26F2O/c1-3-5-6-7-16-8-10-17(11-9-16)12-13-18-14-15-19(24-4-2)21(23)20(18)22/h8,10,14-17H,3-7,9,11H2,1-2H3. The molecular weight excluding hydrogens is 306 g/mol. The van der Waals surface area contributed by atoms with Gasteiger partial charge in [-0.25, -0.2) is 4.39 Å². The number of unbranched alkanes of at least 4 members (excludes halogenated alkanes) is 2. The molecule has 0 bridgehead atoms. The van der Waals surface area contributed by atoms with Gasteiger partial charge in [0.25, 0.3) is 0 Å². The van der Waals surface area contributed by atoms with Crippen molar-refractivity contribution in [1.82, 2.24) is 0 Å². The van der Waals surface area contributed by atoms with E-state index in [-0.39, 0.29) is 17.2 Å². The van der Waals surface area contributed by atoms with E-state index in [0.29, 0.717) is 12.5 Å². The van der Waals surface area contributed by atoms with E-state index in [1.165, 1.54) is 37.8 Å². The van der Waals surface area contributed by atoms with E-state index in [1.54, 1.807) is 6.92 Å². The van der Waals surface area contributed by atoms with Crippen molar-refractivity contribution in [2.24, 2.45) is 11.8 Å². The topological polar surface area (TPSA) is 9.23 Å². The maximum absolute atomic E-state index is 14.0. The molecule has 0 heterocycles. The first-order valence-corrected chi connectivity index (χ1v) is 8.96. The zero-order valence-electron chi connectivity index (χ0n) is 14.6. The molecule has 24 heavy (non-hydrogen) atoms. The molecule has 0 aliphatic heterocycles. The average molecular weight is 332 g/mol. The van der Waals surface area contributed by atoms with Crippen LogP contribution in [0.15, 0.2) is 24.3 Å². The molecular formula is C21H26F2O. The van der Waals surface area contributed by atoms with E-state index >= 15 is 0 Å². The summed E-state index contributed by atoms with van der Waals surface area (Å²) in [5.74, 6) is 4.68. The molecule has 0 spiro atoms. The second-order valence-corrected chi connectivity index (χ2v) is 6.27. The fourth-order valence-corrected chi connectivity index (χ4v) is 2.96. The molecule has 1 aromatic carbocycles. The summed E-state index contributed by atoms with van der Waals surface area (Å²) >= 11 is 0. The van der Waals surface area contributed by atoms with Gasteiger partial charge < -0.3 is 4.74 Å². The van der Waals surface area contributed by atoms with Crippen LogP contribution in [0.3, 0.4) is 0 Å². The molecule has 1 aliphatic rings. The molecule has 130 valence electrons. The predicted octanol–water partition coefficient (Wildman–Crippen LogP) is 5.88. The third-order valence-corrected chi connectivity index (χ3v) is 4.38. The normalized spacial score (nSPS) is 19.7. The quantitative estimate of drug-likeness (QED) is 0.359. The van der Waals surface area contributed by atoms with Gasteiger partial charge in [0.15, 0.2) is 11.6 Å². The van der Waals surface area contributed by atoms with Crippen LogP contribution in [0.1, 0.15) is 57.9 Å². The smallest absolute Gasteiger partial charge is 0.201 e. The van der Waals surface area contributed by atoms with Crippen molar-refractivity contribution in [1.29, 1.82) is 0 Å². The van der Waals surface area contributed by atoms with Gasteiger partial charge in [-0.05, 0) is 44.2 Å². The molecule has 0 N–H and O–H groups in total. The van der Waals surface area contributed by atoms with Gasteiger partial charge in [0.2, 0.25) is 5.82 Å². The van der Waals surface area contributed by atoms with Crippen LogP contribution in [0, 0.1) is 35.3 Å². The van der Waals surface area contributed by atoms with Crippen molar-refractivity contribution in [3.63, 3.8) is 0 Å². The molecule has 0 saturated carbocycles. The number of halogens is 2. The summed E-state index contributed by atoms with van der Waals surface area (Å²) in [5, 5.41) is 0. The summed E-state index contributed by atoms with van der Waals surface area (Å²) in [4.78, 5) is 0. The first-order chi connectivity index (χ1) is 11.7. The Hall–Kier alpha value is -1.82. The number of rotatable bonds is 6. The van der Waals surface area contributed by atoms with E-state index in [2.05, 4.69) is 30.9 Å². The third-order valence-electron chi connectivity index (χ3n) is 4.38. The minimum absolute atomic E-state index is 0.0620. The fourth-order valence-electron chi connectivity index (χ4n) is 2.96. The van der Waals surface area contributed by atoms with E-state index in [1.807, 2.05) is 0 Å². The molecule has 0 fully saturated rings. The lowest BCUT2D eigenvalue weighted by Crippen LogP contribution is -2.07. The fraction of sp³-hybridized carbons (Fsp3) is 0.524. The van der Waals surface area contributed by atoms with E-state index in [4.69, 9.17) is 4.74 Å². The van der Waals surface area contributed by atoms with Crippen LogP contribution < -0.4 is 4.74 Å². The molecule has 0 aromatic heterocycles. The van der Waals surface area contributed by atoms with E-state index < -0.39 is 11.6 Å². The average Bonchev–Trinajstić information content (AvgIpc) is 2.60. The van der Waals surface area contributed by atoms with Crippen molar-refractivity contribution in [2.45, 2.75) is 52.4 Å². The van der Waals surface area contributed by atoms with Crippen molar-refractivity contribution < 1.29 is 13.5 Å². The Kier molecular flexibility index (Phi) is 7.31. The molecule has 2 rings (SSSR count). The molecule has 3 heteroatoms. The summed E-state index contributed by atoms with van der Waals surface area (Å²) in [6.45, 7) is 4.24. The van der Waals surface area contributed by atoms with Crippen LogP contribution in [0.5, 0.6) is 5.75 Å². The summed E-state index contributed by atoms with van der Waals surface area (Å²) in [6.07, 6.45) is 11.5. The molecule has 1 aromatic rings. The van der Waals surface area contributed by atoms with Crippen molar-refractivity contribution in [3.8, 4) is 17.6 Å². The van der Waals surface area contributed by atoms with Crippen LogP contribution in [-0.2, 0) is 0 Å². The summed E-state index contributed by atoms with van der Waals surface area (Å²) in [7, 11) is 0. The Bertz CT molecular complexity index is 625. The summed E-state index contributed by atoms with van der Waals surface area (Å²) in [5.41, 5.74) is 0.0921. The molecule has 1 aliphatic carbocycles. The largest absolute Gasteiger partial charge is 0.491 e. The Morgan fingerprint density at radius 1 is 1.08 bits per heavy atom. The SMILES string of the molecule is CCCCCC1C=CC(C#Cc2ccc(OCC)c(F)c2F)CC1. The first-order valence-electron chi connectivity index (χ1n) is 8.96. The van der Waals surface area contributed by atoms with Gasteiger partial charge in [0.05, 0.1) is 12.2 Å².